The summed E-state index contributed by atoms with van der Waals surface area (Å²) in [6.45, 7) is 2.02. The Morgan fingerprint density at radius 1 is 1.00 bits per heavy atom. The number of nitrogens with two attached hydrogens (primary N) is 1. The predicted octanol–water partition coefficient (Wildman–Crippen LogP) is 3.47. The maximum Gasteiger partial charge on any atom is 0.222 e. The lowest BCUT2D eigenvalue weighted by Crippen LogP contribution is -2.44. The first-order chi connectivity index (χ1) is 10.2. The molecule has 0 aromatic carbocycles. The number of nitrogens with zero attached hydrogens (tertiary/aromatic N) is 1. The van der Waals surface area contributed by atoms with Crippen LogP contribution in [0.3, 0.4) is 0 Å². The van der Waals surface area contributed by atoms with Crippen molar-refractivity contribution in [2.75, 3.05) is 13.1 Å². The molecule has 1 saturated heterocycles. The molecule has 3 aliphatic rings. The van der Waals surface area contributed by atoms with Gasteiger partial charge >= 0.3 is 0 Å². The van der Waals surface area contributed by atoms with E-state index < -0.39 is 0 Å². The highest BCUT2D eigenvalue weighted by atomic mass is 16.2. The van der Waals surface area contributed by atoms with Gasteiger partial charge in [-0.3, -0.25) is 4.79 Å². The maximum atomic E-state index is 12.5. The SMILES string of the molecule is NC1CCCC(CC(=O)N2CCC3(CCCCC3)CC2)C1. The van der Waals surface area contributed by atoms with E-state index in [1.807, 2.05) is 0 Å². The quantitative estimate of drug-likeness (QED) is 0.847. The molecule has 0 aromatic heterocycles. The van der Waals surface area contributed by atoms with Crippen LogP contribution in [-0.2, 0) is 4.79 Å². The Labute approximate surface area is 129 Å². The lowest BCUT2D eigenvalue weighted by Gasteiger charge is -2.44. The van der Waals surface area contributed by atoms with Gasteiger partial charge in [0.15, 0.2) is 0 Å². The monoisotopic (exact) mass is 292 g/mol. The standard InChI is InChI=1S/C18H32N2O/c19-16-6-4-5-15(13-16)14-17(21)20-11-9-18(10-12-20)7-2-1-3-8-18/h15-16H,1-14,19H2. The fraction of sp³-hybridized carbons (Fsp3) is 0.944. The molecule has 2 aliphatic carbocycles. The number of carbonyl (C=O) groups is 1. The highest BCUT2D eigenvalue weighted by Crippen LogP contribution is 2.44. The van der Waals surface area contributed by atoms with E-state index in [4.69, 9.17) is 5.73 Å². The molecule has 0 radical (unpaired) electrons. The molecule has 3 fully saturated rings. The van der Waals surface area contributed by atoms with Gasteiger partial charge in [-0.1, -0.05) is 25.7 Å². The lowest BCUT2D eigenvalue weighted by atomic mass is 9.68. The van der Waals surface area contributed by atoms with Crippen LogP contribution in [0.25, 0.3) is 0 Å². The molecular formula is C18H32N2O. The lowest BCUT2D eigenvalue weighted by molar-refractivity contribution is -0.135. The van der Waals surface area contributed by atoms with Gasteiger partial charge in [0.2, 0.25) is 5.91 Å². The Morgan fingerprint density at radius 2 is 1.71 bits per heavy atom. The second kappa shape index (κ2) is 6.68. The second-order valence-corrected chi connectivity index (χ2v) is 7.94. The van der Waals surface area contributed by atoms with Crippen molar-refractivity contribution in [2.45, 2.75) is 83.1 Å². The largest absolute Gasteiger partial charge is 0.343 e. The normalized spacial score (nSPS) is 33.1. The molecule has 3 nitrogen and oxygen atoms in total. The smallest absolute Gasteiger partial charge is 0.222 e. The van der Waals surface area contributed by atoms with Crippen molar-refractivity contribution < 1.29 is 4.79 Å². The third-order valence-electron chi connectivity index (χ3n) is 6.38. The van der Waals surface area contributed by atoms with Gasteiger partial charge in [-0.2, -0.15) is 0 Å². The van der Waals surface area contributed by atoms with E-state index in [1.54, 1.807) is 0 Å². The van der Waals surface area contributed by atoms with Crippen molar-refractivity contribution in [3.8, 4) is 0 Å². The van der Waals surface area contributed by atoms with Gasteiger partial charge in [-0.05, 0) is 56.3 Å². The summed E-state index contributed by atoms with van der Waals surface area (Å²) in [4.78, 5) is 14.7. The molecule has 0 aromatic rings. The average Bonchev–Trinajstić information content (AvgIpc) is 2.49. The molecule has 2 unspecified atom stereocenters. The first-order valence-electron chi connectivity index (χ1n) is 9.20. The molecule has 3 rings (SSSR count). The van der Waals surface area contributed by atoms with Crippen LogP contribution >= 0.6 is 0 Å². The van der Waals surface area contributed by atoms with Crippen molar-refractivity contribution in [3.05, 3.63) is 0 Å². The minimum absolute atomic E-state index is 0.336. The Morgan fingerprint density at radius 3 is 2.38 bits per heavy atom. The van der Waals surface area contributed by atoms with E-state index in [2.05, 4.69) is 4.90 Å². The Bertz CT molecular complexity index is 352. The summed E-state index contributed by atoms with van der Waals surface area (Å²) in [7, 11) is 0. The van der Waals surface area contributed by atoms with Crippen LogP contribution in [0.2, 0.25) is 0 Å². The fourth-order valence-corrected chi connectivity index (χ4v) is 4.93. The minimum Gasteiger partial charge on any atom is -0.343 e. The Balaban J connectivity index is 1.46. The van der Waals surface area contributed by atoms with Crippen molar-refractivity contribution in [3.63, 3.8) is 0 Å². The van der Waals surface area contributed by atoms with Crippen LogP contribution in [0.4, 0.5) is 0 Å². The topological polar surface area (TPSA) is 46.3 Å². The molecule has 2 N–H and O–H groups in total. The Kier molecular flexibility index (Phi) is 4.88. The highest BCUT2D eigenvalue weighted by Gasteiger charge is 2.37. The van der Waals surface area contributed by atoms with Crippen molar-refractivity contribution >= 4 is 5.91 Å². The number of rotatable bonds is 2. The van der Waals surface area contributed by atoms with Crippen molar-refractivity contribution in [1.82, 2.24) is 4.90 Å². The predicted molar refractivity (Wildman–Crippen MR) is 85.9 cm³/mol. The van der Waals surface area contributed by atoms with Crippen LogP contribution in [0.1, 0.15) is 77.0 Å². The summed E-state index contributed by atoms with van der Waals surface area (Å²) >= 11 is 0. The van der Waals surface area contributed by atoms with Gasteiger partial charge in [-0.15, -0.1) is 0 Å². The van der Waals surface area contributed by atoms with E-state index in [0.29, 0.717) is 23.3 Å². The third-order valence-corrected chi connectivity index (χ3v) is 6.38. The first-order valence-corrected chi connectivity index (χ1v) is 9.20. The van der Waals surface area contributed by atoms with E-state index in [-0.39, 0.29) is 0 Å². The average molecular weight is 292 g/mol. The number of carbonyl (C=O) groups excluding carboxylic acids is 1. The highest BCUT2D eigenvalue weighted by molar-refractivity contribution is 5.76. The minimum atomic E-state index is 0.336. The zero-order chi connectivity index (χ0) is 14.7. The number of likely N-dealkylation sites (tertiary alicyclic amines) is 1. The van der Waals surface area contributed by atoms with Crippen molar-refractivity contribution in [1.29, 1.82) is 0 Å². The molecule has 2 saturated carbocycles. The molecule has 1 spiro atoms. The molecular weight excluding hydrogens is 260 g/mol. The maximum absolute atomic E-state index is 12.5. The summed E-state index contributed by atoms with van der Waals surface area (Å²) < 4.78 is 0. The first kappa shape index (κ1) is 15.3. The number of hydrogen-bond donors (Lipinski definition) is 1. The van der Waals surface area contributed by atoms with Gasteiger partial charge < -0.3 is 10.6 Å². The van der Waals surface area contributed by atoms with Gasteiger partial charge in [-0.25, -0.2) is 0 Å². The number of amides is 1. The van der Waals surface area contributed by atoms with Crippen LogP contribution in [0.5, 0.6) is 0 Å². The Hall–Kier alpha value is -0.570. The molecule has 1 heterocycles. The zero-order valence-corrected chi connectivity index (χ0v) is 13.5. The number of hydrogen-bond acceptors (Lipinski definition) is 2. The van der Waals surface area contributed by atoms with Crippen LogP contribution in [0.15, 0.2) is 0 Å². The summed E-state index contributed by atoms with van der Waals surface area (Å²) in [5.41, 5.74) is 6.65. The molecule has 120 valence electrons. The van der Waals surface area contributed by atoms with Gasteiger partial charge in [0.25, 0.3) is 0 Å². The number of piperidine rings is 1. The summed E-state index contributed by atoms with van der Waals surface area (Å²) in [5.74, 6) is 0.951. The second-order valence-electron chi connectivity index (χ2n) is 7.94. The van der Waals surface area contributed by atoms with E-state index in [9.17, 15) is 4.79 Å². The van der Waals surface area contributed by atoms with Crippen molar-refractivity contribution in [2.24, 2.45) is 17.1 Å². The van der Waals surface area contributed by atoms with Gasteiger partial charge in [0.05, 0.1) is 0 Å². The van der Waals surface area contributed by atoms with Crippen LogP contribution in [-0.4, -0.2) is 29.9 Å². The molecule has 0 bridgehead atoms. The van der Waals surface area contributed by atoms with Crippen LogP contribution in [0, 0.1) is 11.3 Å². The molecule has 21 heavy (non-hydrogen) atoms. The molecule has 3 heteroatoms. The van der Waals surface area contributed by atoms with Gasteiger partial charge in [0, 0.05) is 25.6 Å². The fourth-order valence-electron chi connectivity index (χ4n) is 4.93. The summed E-state index contributed by atoms with van der Waals surface area (Å²) in [6, 6.07) is 0.336. The molecule has 2 atom stereocenters. The van der Waals surface area contributed by atoms with E-state index in [0.717, 1.165) is 32.4 Å². The van der Waals surface area contributed by atoms with Crippen LogP contribution < -0.4 is 5.73 Å². The summed E-state index contributed by atoms with van der Waals surface area (Å²) in [5, 5.41) is 0. The zero-order valence-electron chi connectivity index (χ0n) is 13.5. The van der Waals surface area contributed by atoms with E-state index in [1.165, 1.54) is 57.8 Å². The summed E-state index contributed by atoms with van der Waals surface area (Å²) in [6.07, 6.45) is 14.9. The molecule has 1 aliphatic heterocycles. The van der Waals surface area contributed by atoms with Gasteiger partial charge in [0.1, 0.15) is 0 Å². The molecule has 1 amide bonds. The van der Waals surface area contributed by atoms with E-state index >= 15 is 0 Å². The third kappa shape index (κ3) is 3.80.